The van der Waals surface area contributed by atoms with Crippen LogP contribution in [0.15, 0.2) is 42.5 Å². The van der Waals surface area contributed by atoms with Gasteiger partial charge in [0.05, 0.1) is 13.2 Å². The van der Waals surface area contributed by atoms with Crippen LogP contribution in [0.2, 0.25) is 0 Å². The number of aromatic nitrogens is 4. The van der Waals surface area contributed by atoms with Crippen molar-refractivity contribution in [3.8, 4) is 22.9 Å². The molecule has 0 saturated carbocycles. The zero-order chi connectivity index (χ0) is 20.2. The van der Waals surface area contributed by atoms with Crippen molar-refractivity contribution in [2.24, 2.45) is 0 Å². The van der Waals surface area contributed by atoms with E-state index in [1.807, 2.05) is 12.1 Å². The van der Waals surface area contributed by atoms with Crippen molar-refractivity contribution in [3.63, 3.8) is 0 Å². The van der Waals surface area contributed by atoms with E-state index in [0.717, 1.165) is 12.0 Å². The fraction of sp³-hybridized carbons (Fsp3) is 0.333. The molecule has 0 atom stereocenters. The topological polar surface area (TPSA) is 91.2 Å². The van der Waals surface area contributed by atoms with Gasteiger partial charge in [-0.05, 0) is 28.8 Å². The molecule has 0 saturated heterocycles. The quantitative estimate of drug-likeness (QED) is 0.715. The molecular formula is C21H23N5O3. The van der Waals surface area contributed by atoms with Gasteiger partial charge < -0.3 is 14.8 Å². The lowest BCUT2D eigenvalue weighted by atomic mass is 10.0. The van der Waals surface area contributed by atoms with Crippen LogP contribution in [0.25, 0.3) is 11.4 Å². The molecule has 0 radical (unpaired) electrons. The molecule has 0 aliphatic carbocycles. The molecule has 8 heteroatoms. The Bertz CT molecular complexity index is 998. The van der Waals surface area contributed by atoms with Gasteiger partial charge in [0.15, 0.2) is 11.5 Å². The Morgan fingerprint density at radius 3 is 2.62 bits per heavy atom. The molecule has 0 unspecified atom stereocenters. The molecule has 150 valence electrons. The number of nitrogens with zero attached hydrogens (tertiary/aromatic N) is 4. The number of carbonyl (C=O) groups is 1. The standard InChI is InChI=1S/C21H23N5O3/c1-14(2)15-4-6-16(7-5-15)21-23-25-26(24-21)13-20(27)22-17-8-9-18-19(12-17)29-11-3-10-28-18/h4-9,12,14H,3,10-11,13H2,1-2H3,(H,22,27). The van der Waals surface area contributed by atoms with Crippen molar-refractivity contribution in [2.45, 2.75) is 32.7 Å². The van der Waals surface area contributed by atoms with Crippen LogP contribution in [-0.4, -0.2) is 39.3 Å². The summed E-state index contributed by atoms with van der Waals surface area (Å²) in [7, 11) is 0. The molecular weight excluding hydrogens is 370 g/mol. The van der Waals surface area contributed by atoms with E-state index in [-0.39, 0.29) is 12.5 Å². The van der Waals surface area contributed by atoms with Crippen molar-refractivity contribution in [2.75, 3.05) is 18.5 Å². The van der Waals surface area contributed by atoms with Crippen molar-refractivity contribution in [1.82, 2.24) is 20.2 Å². The maximum atomic E-state index is 12.4. The van der Waals surface area contributed by atoms with Crippen LogP contribution < -0.4 is 14.8 Å². The first-order valence-electron chi connectivity index (χ1n) is 9.66. The predicted octanol–water partition coefficient (Wildman–Crippen LogP) is 3.26. The zero-order valence-electron chi connectivity index (χ0n) is 16.5. The average Bonchev–Trinajstić information content (AvgIpc) is 3.04. The number of ether oxygens (including phenoxy) is 2. The highest BCUT2D eigenvalue weighted by Gasteiger charge is 2.13. The summed E-state index contributed by atoms with van der Waals surface area (Å²) in [6.07, 6.45) is 0.830. The van der Waals surface area contributed by atoms with Gasteiger partial charge in [-0.25, -0.2) is 0 Å². The van der Waals surface area contributed by atoms with Gasteiger partial charge in [-0.1, -0.05) is 38.1 Å². The van der Waals surface area contributed by atoms with E-state index < -0.39 is 0 Å². The number of benzene rings is 2. The largest absolute Gasteiger partial charge is 0.490 e. The molecule has 1 N–H and O–H groups in total. The molecule has 8 nitrogen and oxygen atoms in total. The molecule has 0 bridgehead atoms. The highest BCUT2D eigenvalue weighted by molar-refractivity contribution is 5.90. The molecule has 3 aromatic rings. The molecule has 2 heterocycles. The maximum Gasteiger partial charge on any atom is 0.248 e. The van der Waals surface area contributed by atoms with Crippen LogP contribution >= 0.6 is 0 Å². The minimum absolute atomic E-state index is 0.0362. The Morgan fingerprint density at radius 1 is 1.10 bits per heavy atom. The summed E-state index contributed by atoms with van der Waals surface area (Å²) in [5.41, 5.74) is 2.74. The summed E-state index contributed by atoms with van der Waals surface area (Å²) in [6, 6.07) is 13.4. The van der Waals surface area contributed by atoms with E-state index in [1.54, 1.807) is 18.2 Å². The summed E-state index contributed by atoms with van der Waals surface area (Å²) in [4.78, 5) is 13.7. The molecule has 0 spiro atoms. The first-order chi connectivity index (χ1) is 14.1. The Morgan fingerprint density at radius 2 is 1.86 bits per heavy atom. The molecule has 1 aromatic heterocycles. The van der Waals surface area contributed by atoms with E-state index >= 15 is 0 Å². The highest BCUT2D eigenvalue weighted by atomic mass is 16.5. The number of carbonyl (C=O) groups excluding carboxylic acids is 1. The number of nitrogens with one attached hydrogen (secondary N) is 1. The molecule has 29 heavy (non-hydrogen) atoms. The van der Waals surface area contributed by atoms with Crippen LogP contribution in [0, 0.1) is 0 Å². The van der Waals surface area contributed by atoms with Gasteiger partial charge in [-0.15, -0.1) is 10.2 Å². The van der Waals surface area contributed by atoms with E-state index in [9.17, 15) is 4.79 Å². The Labute approximate surface area is 168 Å². The lowest BCUT2D eigenvalue weighted by Crippen LogP contribution is -2.20. The monoisotopic (exact) mass is 393 g/mol. The third-order valence-corrected chi connectivity index (χ3v) is 4.60. The Balaban J connectivity index is 1.40. The second-order valence-corrected chi connectivity index (χ2v) is 7.18. The normalized spacial score (nSPS) is 13.2. The first kappa shape index (κ1) is 18.9. The van der Waals surface area contributed by atoms with E-state index in [4.69, 9.17) is 9.47 Å². The molecule has 0 fully saturated rings. The minimum Gasteiger partial charge on any atom is -0.490 e. The van der Waals surface area contributed by atoms with Gasteiger partial charge in [0.1, 0.15) is 6.54 Å². The second-order valence-electron chi connectivity index (χ2n) is 7.18. The van der Waals surface area contributed by atoms with Crippen LogP contribution in [0.4, 0.5) is 5.69 Å². The maximum absolute atomic E-state index is 12.4. The average molecular weight is 393 g/mol. The molecule has 1 aliphatic rings. The van der Waals surface area contributed by atoms with Crippen molar-refractivity contribution in [3.05, 3.63) is 48.0 Å². The number of hydrogen-bond acceptors (Lipinski definition) is 6. The smallest absolute Gasteiger partial charge is 0.248 e. The van der Waals surface area contributed by atoms with E-state index in [0.29, 0.717) is 42.1 Å². The number of amides is 1. The van der Waals surface area contributed by atoms with Crippen LogP contribution in [-0.2, 0) is 11.3 Å². The fourth-order valence-corrected chi connectivity index (χ4v) is 3.01. The van der Waals surface area contributed by atoms with Crippen molar-refractivity contribution < 1.29 is 14.3 Å². The first-order valence-corrected chi connectivity index (χ1v) is 9.66. The summed E-state index contributed by atoms with van der Waals surface area (Å²) >= 11 is 0. The SMILES string of the molecule is CC(C)c1ccc(-c2nnn(CC(=O)Nc3ccc4c(c3)OCCCO4)n2)cc1. The lowest BCUT2D eigenvalue weighted by molar-refractivity contribution is -0.117. The van der Waals surface area contributed by atoms with Crippen LogP contribution in [0.5, 0.6) is 11.5 Å². The minimum atomic E-state index is -0.251. The Kier molecular flexibility index (Phi) is 5.41. The van der Waals surface area contributed by atoms with Crippen molar-refractivity contribution in [1.29, 1.82) is 0 Å². The number of fused-ring (bicyclic) bond motifs is 1. The van der Waals surface area contributed by atoms with Crippen molar-refractivity contribution >= 4 is 11.6 Å². The van der Waals surface area contributed by atoms with E-state index in [2.05, 4.69) is 46.7 Å². The summed E-state index contributed by atoms with van der Waals surface area (Å²) in [6.45, 7) is 5.47. The molecule has 1 aliphatic heterocycles. The number of tetrazole rings is 1. The van der Waals surface area contributed by atoms with Gasteiger partial charge in [-0.3, -0.25) is 4.79 Å². The lowest BCUT2D eigenvalue weighted by Gasteiger charge is -2.10. The number of hydrogen-bond donors (Lipinski definition) is 1. The number of anilines is 1. The zero-order valence-corrected chi connectivity index (χ0v) is 16.5. The third kappa shape index (κ3) is 4.53. The molecule has 1 amide bonds. The molecule has 4 rings (SSSR count). The second kappa shape index (κ2) is 8.30. The summed E-state index contributed by atoms with van der Waals surface area (Å²) in [5.74, 6) is 2.02. The highest BCUT2D eigenvalue weighted by Crippen LogP contribution is 2.32. The van der Waals surface area contributed by atoms with Gasteiger partial charge in [0.25, 0.3) is 0 Å². The Hall–Kier alpha value is -3.42. The summed E-state index contributed by atoms with van der Waals surface area (Å²) < 4.78 is 11.2. The number of rotatable bonds is 5. The van der Waals surface area contributed by atoms with Crippen LogP contribution in [0.1, 0.15) is 31.7 Å². The van der Waals surface area contributed by atoms with Crippen LogP contribution in [0.3, 0.4) is 0 Å². The van der Waals surface area contributed by atoms with Gasteiger partial charge in [-0.2, -0.15) is 4.80 Å². The predicted molar refractivity (Wildman–Crippen MR) is 108 cm³/mol. The van der Waals surface area contributed by atoms with Gasteiger partial charge in [0.2, 0.25) is 11.7 Å². The third-order valence-electron chi connectivity index (χ3n) is 4.60. The fourth-order valence-electron chi connectivity index (χ4n) is 3.01. The summed E-state index contributed by atoms with van der Waals surface area (Å²) in [5, 5.41) is 15.2. The van der Waals surface area contributed by atoms with E-state index in [1.165, 1.54) is 10.4 Å². The molecule has 2 aromatic carbocycles. The van der Waals surface area contributed by atoms with Gasteiger partial charge in [0, 0.05) is 23.7 Å². The van der Waals surface area contributed by atoms with Gasteiger partial charge >= 0.3 is 0 Å².